The quantitative estimate of drug-likeness (QED) is 0.571. The van der Waals surface area contributed by atoms with E-state index in [0.29, 0.717) is 36.0 Å². The first-order chi connectivity index (χ1) is 13.5. The number of rotatable bonds is 7. The van der Waals surface area contributed by atoms with Crippen LogP contribution in [0.5, 0.6) is 11.9 Å². The number of alkyl halides is 2. The first kappa shape index (κ1) is 19.9. The molecule has 0 spiro atoms. The third-order valence-electron chi connectivity index (χ3n) is 4.41. The maximum Gasteiger partial charge on any atom is 0.320 e. The zero-order valence-electron chi connectivity index (χ0n) is 15.4. The highest BCUT2D eigenvalue weighted by Gasteiger charge is 2.19. The summed E-state index contributed by atoms with van der Waals surface area (Å²) in [4.78, 5) is 16.9. The summed E-state index contributed by atoms with van der Waals surface area (Å²) >= 11 is 0. The molecule has 1 saturated heterocycles. The van der Waals surface area contributed by atoms with E-state index in [0.717, 1.165) is 19.0 Å². The van der Waals surface area contributed by atoms with Gasteiger partial charge in [-0.15, -0.1) is 0 Å². The van der Waals surface area contributed by atoms with E-state index in [1.165, 1.54) is 19.3 Å². The Hall–Kier alpha value is -2.88. The number of fused-ring (bicyclic) bond motifs is 1. The van der Waals surface area contributed by atoms with Crippen molar-refractivity contribution in [3.05, 3.63) is 24.2 Å². The van der Waals surface area contributed by atoms with Gasteiger partial charge in [0, 0.05) is 32.7 Å². The van der Waals surface area contributed by atoms with Gasteiger partial charge in [-0.05, 0) is 31.5 Å². The first-order valence-corrected chi connectivity index (χ1v) is 8.75. The van der Waals surface area contributed by atoms with Crippen molar-refractivity contribution < 1.29 is 23.4 Å². The van der Waals surface area contributed by atoms with Crippen molar-refractivity contribution in [2.24, 2.45) is 10.9 Å². The number of hydrogen-bond donors (Lipinski definition) is 1. The van der Waals surface area contributed by atoms with Crippen molar-refractivity contribution in [3.63, 3.8) is 0 Å². The Morgan fingerprint density at radius 1 is 1.46 bits per heavy atom. The van der Waals surface area contributed by atoms with Gasteiger partial charge in [0.15, 0.2) is 0 Å². The second-order valence-electron chi connectivity index (χ2n) is 6.37. The Labute approximate surface area is 160 Å². The van der Waals surface area contributed by atoms with Crippen LogP contribution in [0.25, 0.3) is 16.6 Å². The van der Waals surface area contributed by atoms with Crippen molar-refractivity contribution in [3.8, 4) is 11.9 Å². The number of aromatic nitrogens is 3. The maximum absolute atomic E-state index is 12.9. The van der Waals surface area contributed by atoms with E-state index in [1.807, 2.05) is 0 Å². The van der Waals surface area contributed by atoms with Crippen molar-refractivity contribution >= 4 is 23.3 Å². The third kappa shape index (κ3) is 4.50. The lowest BCUT2D eigenvalue weighted by atomic mass is 10.0. The summed E-state index contributed by atoms with van der Waals surface area (Å²) in [7, 11) is 1.20. The fraction of sp³-hybridized carbons (Fsp3) is 0.444. The summed E-state index contributed by atoms with van der Waals surface area (Å²) in [5, 5.41) is 10.6. The van der Waals surface area contributed by atoms with Crippen LogP contribution in [0.15, 0.2) is 23.5 Å². The Morgan fingerprint density at radius 2 is 2.21 bits per heavy atom. The molecule has 1 N–H and O–H groups in total. The van der Waals surface area contributed by atoms with Gasteiger partial charge in [-0.3, -0.25) is 9.98 Å². The van der Waals surface area contributed by atoms with Gasteiger partial charge in [-0.25, -0.2) is 0 Å². The van der Waals surface area contributed by atoms with E-state index in [2.05, 4.69) is 26.7 Å². The van der Waals surface area contributed by atoms with E-state index in [9.17, 15) is 13.9 Å². The molecule has 0 aliphatic carbocycles. The third-order valence-corrected chi connectivity index (χ3v) is 4.41. The first-order valence-electron chi connectivity index (χ1n) is 8.75. The molecular weight excluding hydrogens is 372 g/mol. The molecule has 2 aromatic heterocycles. The lowest BCUT2D eigenvalue weighted by Crippen LogP contribution is -2.22. The molecule has 0 unspecified atom stereocenters. The molecule has 3 heterocycles. The van der Waals surface area contributed by atoms with E-state index >= 15 is 0 Å². The highest BCUT2D eigenvalue weighted by molar-refractivity contribution is 5.92. The standard InChI is InChI=1S/C18H21F2N5O3/c1-21-13(9-25(2)17(19)20)15-14-12(3-6-22-15)16(26)24-18(23-14)28-10-11-4-7-27-8-5-11/h3,6,9,11,17H,1,4-5,7-8,10H2,2H3,(H,23,24,26)/b13-9-. The molecule has 0 aromatic carbocycles. The number of ether oxygens (including phenoxy) is 2. The van der Waals surface area contributed by atoms with Crippen LogP contribution in [-0.2, 0) is 4.74 Å². The molecule has 0 bridgehead atoms. The molecule has 1 aliphatic rings. The van der Waals surface area contributed by atoms with E-state index < -0.39 is 6.55 Å². The lowest BCUT2D eigenvalue weighted by Gasteiger charge is -2.21. The largest absolute Gasteiger partial charge is 0.493 e. The van der Waals surface area contributed by atoms with Gasteiger partial charge in [0.2, 0.25) is 5.88 Å². The minimum Gasteiger partial charge on any atom is -0.493 e. The molecule has 0 amide bonds. The van der Waals surface area contributed by atoms with Crippen LogP contribution < -0.4 is 4.74 Å². The smallest absolute Gasteiger partial charge is 0.320 e. The summed E-state index contributed by atoms with van der Waals surface area (Å²) in [5.41, 5.74) is 0.508. The average Bonchev–Trinajstić information content (AvgIpc) is 2.71. The topological polar surface area (TPSA) is 93.0 Å². The number of aliphatic imine (C=N–C) groups is 1. The number of pyridine rings is 1. The fourth-order valence-electron chi connectivity index (χ4n) is 2.80. The second-order valence-corrected chi connectivity index (χ2v) is 6.37. The van der Waals surface area contributed by atoms with Gasteiger partial charge < -0.3 is 19.5 Å². The number of hydrogen-bond acceptors (Lipinski definition) is 8. The van der Waals surface area contributed by atoms with Crippen molar-refractivity contribution in [1.82, 2.24) is 19.9 Å². The van der Waals surface area contributed by atoms with Gasteiger partial charge in [0.05, 0.1) is 12.0 Å². The normalized spacial score (nSPS) is 15.8. The van der Waals surface area contributed by atoms with Crippen LogP contribution in [-0.4, -0.2) is 65.1 Å². The van der Waals surface area contributed by atoms with Crippen LogP contribution in [0.3, 0.4) is 0 Å². The van der Waals surface area contributed by atoms with Crippen LogP contribution in [0.2, 0.25) is 0 Å². The van der Waals surface area contributed by atoms with Gasteiger partial charge in [0.1, 0.15) is 16.9 Å². The molecular formula is C18H21F2N5O3. The minimum atomic E-state index is -2.71. The highest BCUT2D eigenvalue weighted by atomic mass is 19.3. The number of halogens is 2. The lowest BCUT2D eigenvalue weighted by molar-refractivity contribution is 0.0230. The molecule has 3 rings (SSSR count). The predicted octanol–water partition coefficient (Wildman–Crippen LogP) is 2.69. The van der Waals surface area contributed by atoms with Crippen molar-refractivity contribution in [2.75, 3.05) is 26.9 Å². The van der Waals surface area contributed by atoms with Crippen LogP contribution in [0.1, 0.15) is 18.5 Å². The van der Waals surface area contributed by atoms with Gasteiger partial charge in [-0.1, -0.05) is 0 Å². The summed E-state index contributed by atoms with van der Waals surface area (Å²) in [6, 6.07) is 1.50. The van der Waals surface area contributed by atoms with Crippen molar-refractivity contribution in [2.45, 2.75) is 19.4 Å². The Morgan fingerprint density at radius 3 is 2.89 bits per heavy atom. The molecule has 1 aliphatic heterocycles. The second kappa shape index (κ2) is 8.87. The van der Waals surface area contributed by atoms with Crippen molar-refractivity contribution in [1.29, 1.82) is 0 Å². The zero-order chi connectivity index (χ0) is 20.1. The zero-order valence-corrected chi connectivity index (χ0v) is 15.4. The van der Waals surface area contributed by atoms with Gasteiger partial charge in [-0.2, -0.15) is 18.7 Å². The van der Waals surface area contributed by atoms with Gasteiger partial charge in [0.25, 0.3) is 0 Å². The summed E-state index contributed by atoms with van der Waals surface area (Å²) in [5.74, 6) is 0.0230. The molecule has 1 fully saturated rings. The number of aromatic hydroxyl groups is 1. The minimum absolute atomic E-state index is 0.0173. The molecule has 2 aromatic rings. The molecule has 10 heteroatoms. The molecule has 0 atom stereocenters. The molecule has 150 valence electrons. The monoisotopic (exact) mass is 393 g/mol. The maximum atomic E-state index is 12.9. The summed E-state index contributed by atoms with van der Waals surface area (Å²) < 4.78 is 36.7. The Balaban J connectivity index is 1.94. The molecule has 0 radical (unpaired) electrons. The van der Waals surface area contributed by atoms with E-state index in [1.54, 1.807) is 0 Å². The number of nitrogens with zero attached hydrogens (tertiary/aromatic N) is 5. The van der Waals surface area contributed by atoms with Crippen LogP contribution >= 0.6 is 0 Å². The summed E-state index contributed by atoms with van der Waals surface area (Å²) in [6.07, 6.45) is 4.27. The van der Waals surface area contributed by atoms with Crippen LogP contribution in [0, 0.1) is 5.92 Å². The molecule has 0 saturated carbocycles. The Kier molecular flexibility index (Phi) is 6.30. The van der Waals surface area contributed by atoms with E-state index in [-0.39, 0.29) is 28.8 Å². The predicted molar refractivity (Wildman–Crippen MR) is 99.3 cm³/mol. The van der Waals surface area contributed by atoms with Crippen LogP contribution in [0.4, 0.5) is 8.78 Å². The molecule has 28 heavy (non-hydrogen) atoms. The SMILES string of the molecule is C=N/C(=C\N(C)C(F)F)c1nccc2c(O)nc(OCC3CCOCC3)nc12. The molecule has 8 nitrogen and oxygen atoms in total. The summed E-state index contributed by atoms with van der Waals surface area (Å²) in [6.45, 7) is 2.46. The van der Waals surface area contributed by atoms with E-state index in [4.69, 9.17) is 9.47 Å². The highest BCUT2D eigenvalue weighted by Crippen LogP contribution is 2.29. The van der Waals surface area contributed by atoms with Gasteiger partial charge >= 0.3 is 12.6 Å². The Bertz CT molecular complexity index is 872. The fourth-order valence-corrected chi connectivity index (χ4v) is 2.80. The average molecular weight is 393 g/mol.